The van der Waals surface area contributed by atoms with Gasteiger partial charge in [0, 0.05) is 22.3 Å². The Hall–Kier alpha value is -2.82. The molecule has 4 aromatic rings. The highest BCUT2D eigenvalue weighted by atomic mass is 79.9. The van der Waals surface area contributed by atoms with Crippen LogP contribution < -0.4 is 0 Å². The summed E-state index contributed by atoms with van der Waals surface area (Å²) in [5.41, 5.74) is 7.73. The number of benzene rings is 4. The average Bonchev–Trinajstić information content (AvgIpc) is 3.09. The van der Waals surface area contributed by atoms with Crippen LogP contribution in [0.25, 0.3) is 0 Å². The van der Waals surface area contributed by atoms with Crippen LogP contribution in [0, 0.1) is 0 Å². The summed E-state index contributed by atoms with van der Waals surface area (Å²) in [6, 6.07) is 31.4. The lowest BCUT2D eigenvalue weighted by Gasteiger charge is -2.16. The molecule has 36 heavy (non-hydrogen) atoms. The van der Waals surface area contributed by atoms with Gasteiger partial charge in [-0.25, -0.2) is 0 Å². The van der Waals surface area contributed by atoms with Crippen LogP contribution >= 0.6 is 31.9 Å². The molecule has 2 unspecified atom stereocenters. The van der Waals surface area contributed by atoms with E-state index >= 15 is 0 Å². The van der Waals surface area contributed by atoms with Crippen molar-refractivity contribution in [2.45, 2.75) is 37.3 Å². The SMILES string of the molecule is C.C.O=C1c2ccccc2C(Br)C(Br)c2ccccc21.O=C1c2ccccc2CCc2ccccc21. The van der Waals surface area contributed by atoms with E-state index in [0.717, 1.165) is 46.2 Å². The molecule has 0 aliphatic heterocycles. The molecule has 4 heteroatoms. The number of carbonyl (C=O) groups is 2. The third-order valence-electron chi connectivity index (χ3n) is 6.45. The number of fused-ring (bicyclic) bond motifs is 4. The van der Waals surface area contributed by atoms with Crippen molar-refractivity contribution in [3.8, 4) is 0 Å². The number of rotatable bonds is 0. The molecule has 2 aliphatic rings. The highest BCUT2D eigenvalue weighted by molar-refractivity contribution is 9.12. The lowest BCUT2D eigenvalue weighted by molar-refractivity contribution is 0.103. The standard InChI is InChI=1S/C15H10Br2O.C15H12O.2CH4/c16-13-9-5-1-3-7-11(9)15(18)12-8-4-2-6-10(12)14(13)17;16-15-13-7-3-1-5-11(13)9-10-12-6-2-4-8-14(12)15;;/h1-8,13-14H;1-8H,9-10H2;2*1H4. The molecule has 2 atom stereocenters. The van der Waals surface area contributed by atoms with Crippen LogP contribution in [0.5, 0.6) is 0 Å². The highest BCUT2D eigenvalue weighted by Crippen LogP contribution is 2.47. The number of hydrogen-bond acceptors (Lipinski definition) is 2. The monoisotopic (exact) mass is 604 g/mol. The van der Waals surface area contributed by atoms with Gasteiger partial charge in [-0.2, -0.15) is 0 Å². The minimum atomic E-state index is 0. The second-order valence-electron chi connectivity index (χ2n) is 8.45. The molecular formula is C32H30Br2O2. The zero-order chi connectivity index (χ0) is 23.7. The Labute approximate surface area is 231 Å². The van der Waals surface area contributed by atoms with Gasteiger partial charge >= 0.3 is 0 Å². The Kier molecular flexibility index (Phi) is 9.21. The Balaban J connectivity index is 0.000000191. The summed E-state index contributed by atoms with van der Waals surface area (Å²) in [6.07, 6.45) is 1.91. The van der Waals surface area contributed by atoms with Crippen LogP contribution in [0.1, 0.15) is 78.6 Å². The van der Waals surface area contributed by atoms with Crippen LogP contribution in [0.4, 0.5) is 0 Å². The van der Waals surface area contributed by atoms with Crippen LogP contribution in [-0.4, -0.2) is 11.6 Å². The van der Waals surface area contributed by atoms with Crippen molar-refractivity contribution in [1.82, 2.24) is 0 Å². The van der Waals surface area contributed by atoms with E-state index in [2.05, 4.69) is 44.0 Å². The van der Waals surface area contributed by atoms with Gasteiger partial charge < -0.3 is 0 Å². The summed E-state index contributed by atoms with van der Waals surface area (Å²) in [6.45, 7) is 0. The smallest absolute Gasteiger partial charge is 0.193 e. The lowest BCUT2D eigenvalue weighted by atomic mass is 9.99. The Morgan fingerprint density at radius 1 is 0.472 bits per heavy atom. The molecule has 0 heterocycles. The topological polar surface area (TPSA) is 34.1 Å². The highest BCUT2D eigenvalue weighted by Gasteiger charge is 2.31. The maximum atomic E-state index is 12.6. The number of ketones is 2. The predicted molar refractivity (Wildman–Crippen MR) is 157 cm³/mol. The first-order chi connectivity index (χ1) is 16.6. The lowest BCUT2D eigenvalue weighted by Crippen LogP contribution is -2.03. The molecule has 0 radical (unpaired) electrons. The first-order valence-electron chi connectivity index (χ1n) is 11.3. The molecule has 6 rings (SSSR count). The van der Waals surface area contributed by atoms with E-state index in [9.17, 15) is 9.59 Å². The molecule has 0 amide bonds. The van der Waals surface area contributed by atoms with E-state index in [-0.39, 0.29) is 36.1 Å². The van der Waals surface area contributed by atoms with Gasteiger partial charge in [0.15, 0.2) is 11.6 Å². The van der Waals surface area contributed by atoms with Crippen LogP contribution in [0.2, 0.25) is 0 Å². The zero-order valence-corrected chi connectivity index (χ0v) is 21.6. The van der Waals surface area contributed by atoms with Crippen molar-refractivity contribution in [2.75, 3.05) is 0 Å². The number of halogens is 2. The van der Waals surface area contributed by atoms with Gasteiger partial charge in [-0.3, -0.25) is 9.59 Å². The number of aryl methyl sites for hydroxylation is 2. The summed E-state index contributed by atoms with van der Waals surface area (Å²) >= 11 is 7.40. The van der Waals surface area contributed by atoms with Gasteiger partial charge in [0.25, 0.3) is 0 Å². The van der Waals surface area contributed by atoms with Crippen molar-refractivity contribution in [2.24, 2.45) is 0 Å². The third-order valence-corrected chi connectivity index (χ3v) is 9.20. The van der Waals surface area contributed by atoms with E-state index in [1.807, 2.05) is 84.9 Å². The summed E-state index contributed by atoms with van der Waals surface area (Å²) in [5, 5.41) is 0. The number of hydrogen-bond donors (Lipinski definition) is 0. The average molecular weight is 606 g/mol. The van der Waals surface area contributed by atoms with E-state index < -0.39 is 0 Å². The first kappa shape index (κ1) is 27.8. The molecule has 4 aromatic carbocycles. The Bertz CT molecular complexity index is 1290. The van der Waals surface area contributed by atoms with E-state index in [1.165, 1.54) is 11.1 Å². The number of carbonyl (C=O) groups excluding carboxylic acids is 2. The quantitative estimate of drug-likeness (QED) is 0.187. The van der Waals surface area contributed by atoms with Gasteiger partial charge in [-0.1, -0.05) is 144 Å². The van der Waals surface area contributed by atoms with Gasteiger partial charge in [0.2, 0.25) is 0 Å². The second kappa shape index (κ2) is 11.9. The van der Waals surface area contributed by atoms with E-state index in [0.29, 0.717) is 0 Å². The molecule has 0 N–H and O–H groups in total. The van der Waals surface area contributed by atoms with E-state index in [4.69, 9.17) is 0 Å². The van der Waals surface area contributed by atoms with Gasteiger partial charge in [0.05, 0.1) is 9.65 Å². The Morgan fingerprint density at radius 2 is 0.778 bits per heavy atom. The molecular weight excluding hydrogens is 576 g/mol. The summed E-state index contributed by atoms with van der Waals surface area (Å²) < 4.78 is 0. The van der Waals surface area contributed by atoms with Crippen molar-refractivity contribution in [3.05, 3.63) is 142 Å². The second-order valence-corrected chi connectivity index (χ2v) is 10.4. The largest absolute Gasteiger partial charge is 0.289 e. The van der Waals surface area contributed by atoms with Gasteiger partial charge in [-0.15, -0.1) is 0 Å². The minimum Gasteiger partial charge on any atom is -0.289 e. The normalized spacial score (nSPS) is 17.2. The molecule has 0 saturated heterocycles. The molecule has 184 valence electrons. The van der Waals surface area contributed by atoms with E-state index in [1.54, 1.807) is 0 Å². The van der Waals surface area contributed by atoms with Gasteiger partial charge in [-0.05, 0) is 35.1 Å². The Morgan fingerprint density at radius 3 is 1.19 bits per heavy atom. The summed E-state index contributed by atoms with van der Waals surface area (Å²) in [5.74, 6) is 0.274. The van der Waals surface area contributed by atoms with Crippen molar-refractivity contribution >= 4 is 43.4 Å². The maximum absolute atomic E-state index is 12.6. The molecule has 0 aromatic heterocycles. The zero-order valence-electron chi connectivity index (χ0n) is 18.4. The molecule has 0 fully saturated rings. The van der Waals surface area contributed by atoms with Crippen LogP contribution in [0.3, 0.4) is 0 Å². The molecule has 2 aliphatic carbocycles. The van der Waals surface area contributed by atoms with Crippen molar-refractivity contribution in [1.29, 1.82) is 0 Å². The summed E-state index contributed by atoms with van der Waals surface area (Å²) in [4.78, 5) is 25.1. The summed E-state index contributed by atoms with van der Waals surface area (Å²) in [7, 11) is 0. The van der Waals surface area contributed by atoms with Crippen LogP contribution in [0.15, 0.2) is 97.1 Å². The predicted octanol–water partition coefficient (Wildman–Crippen LogP) is 9.09. The first-order valence-corrected chi connectivity index (χ1v) is 13.1. The fourth-order valence-corrected chi connectivity index (χ4v) is 6.05. The van der Waals surface area contributed by atoms with Crippen molar-refractivity contribution in [3.63, 3.8) is 0 Å². The molecule has 0 bridgehead atoms. The fraction of sp³-hybridized carbons (Fsp3) is 0.188. The van der Waals surface area contributed by atoms with Gasteiger partial charge in [0.1, 0.15) is 0 Å². The van der Waals surface area contributed by atoms with Crippen LogP contribution in [-0.2, 0) is 12.8 Å². The maximum Gasteiger partial charge on any atom is 0.193 e. The molecule has 0 spiro atoms. The number of alkyl halides is 2. The molecule has 2 nitrogen and oxygen atoms in total. The minimum absolute atomic E-state index is 0. The van der Waals surface area contributed by atoms with Crippen molar-refractivity contribution < 1.29 is 9.59 Å². The molecule has 0 saturated carbocycles. The fourth-order valence-electron chi connectivity index (χ4n) is 4.68. The third kappa shape index (κ3) is 5.16.